The predicted molar refractivity (Wildman–Crippen MR) is 157 cm³/mol. The van der Waals surface area contributed by atoms with Gasteiger partial charge in [-0.2, -0.15) is 0 Å². The fraction of sp³-hybridized carbons (Fsp3) is 0.406. The summed E-state index contributed by atoms with van der Waals surface area (Å²) >= 11 is 0. The van der Waals surface area contributed by atoms with E-state index in [-0.39, 0.29) is 17.4 Å². The fourth-order valence-corrected chi connectivity index (χ4v) is 6.50. The van der Waals surface area contributed by atoms with Crippen LogP contribution in [0.5, 0.6) is 5.75 Å². The maximum absolute atomic E-state index is 6.35. The summed E-state index contributed by atoms with van der Waals surface area (Å²) in [5.41, 5.74) is 7.18. The quantitative estimate of drug-likeness (QED) is 0.158. The van der Waals surface area contributed by atoms with Gasteiger partial charge in [0, 0.05) is 35.2 Å². The average molecular weight is 504 g/mol. The predicted octanol–water partition coefficient (Wildman–Crippen LogP) is 8.35. The van der Waals surface area contributed by atoms with E-state index in [1.54, 1.807) is 7.11 Å². The minimum atomic E-state index is -0.0920. The summed E-state index contributed by atoms with van der Waals surface area (Å²) in [6.07, 6.45) is 4.17. The van der Waals surface area contributed by atoms with E-state index in [1.807, 2.05) is 36.5 Å². The summed E-state index contributed by atoms with van der Waals surface area (Å²) in [6, 6.07) is 21.3. The van der Waals surface area contributed by atoms with Gasteiger partial charge < -0.3 is 9.47 Å². The molecule has 0 spiro atoms. The van der Waals surface area contributed by atoms with E-state index in [0.29, 0.717) is 8.58 Å². The highest BCUT2D eigenvalue weighted by Gasteiger charge is 2.34. The Labute approximate surface area is 220 Å². The molecule has 2 atom stereocenters. The molecule has 0 aliphatic carbocycles. The number of ether oxygens (including phenoxy) is 2. The lowest BCUT2D eigenvalue weighted by Gasteiger charge is -2.36. The molecule has 36 heavy (non-hydrogen) atoms. The summed E-state index contributed by atoms with van der Waals surface area (Å²) in [7, 11) is 2.25. The fourth-order valence-electron chi connectivity index (χ4n) is 4.68. The molecule has 2 unspecified atom stereocenters. The molecule has 0 aliphatic rings. The largest absolute Gasteiger partial charge is 0.467 e. The molecule has 0 heterocycles. The minimum absolute atomic E-state index is 0.0454. The third-order valence-electron chi connectivity index (χ3n) is 6.52. The zero-order valence-electron chi connectivity index (χ0n) is 23.2. The van der Waals surface area contributed by atoms with Crippen molar-refractivity contribution in [3.8, 4) is 5.75 Å². The number of benzene rings is 3. The molecule has 0 aromatic heterocycles. The molecule has 0 radical (unpaired) electrons. The molecular formula is C32H42NO2P. The number of aliphatic imine (C=N–C) groups is 1. The normalized spacial score (nSPS) is 14.0. The van der Waals surface area contributed by atoms with Crippen molar-refractivity contribution in [3.05, 3.63) is 88.5 Å². The van der Waals surface area contributed by atoms with Gasteiger partial charge in [0.25, 0.3) is 0 Å². The van der Waals surface area contributed by atoms with Crippen LogP contribution in [0.15, 0.2) is 65.7 Å². The number of aryl methyl sites for hydroxylation is 2. The molecule has 3 nitrogen and oxygen atoms in total. The molecule has 0 saturated heterocycles. The maximum Gasteiger partial charge on any atom is 0.188 e. The van der Waals surface area contributed by atoms with Crippen LogP contribution in [0.2, 0.25) is 0 Å². The van der Waals surface area contributed by atoms with Crippen LogP contribution in [0.3, 0.4) is 0 Å². The molecule has 3 aromatic rings. The smallest absolute Gasteiger partial charge is 0.188 e. The van der Waals surface area contributed by atoms with Crippen molar-refractivity contribution >= 4 is 25.8 Å². The van der Waals surface area contributed by atoms with Crippen LogP contribution in [0, 0.1) is 13.8 Å². The lowest BCUT2D eigenvalue weighted by Crippen LogP contribution is -2.25. The Kier molecular flexibility index (Phi) is 9.50. The van der Waals surface area contributed by atoms with Crippen molar-refractivity contribution in [2.45, 2.75) is 71.9 Å². The average Bonchev–Trinajstić information content (AvgIpc) is 2.83. The van der Waals surface area contributed by atoms with Gasteiger partial charge in [0.2, 0.25) is 0 Å². The van der Waals surface area contributed by atoms with E-state index >= 15 is 0 Å². The molecule has 0 fully saturated rings. The minimum Gasteiger partial charge on any atom is -0.467 e. The molecule has 0 amide bonds. The number of methoxy groups -OCH3 is 1. The third-order valence-corrected chi connectivity index (χ3v) is 8.53. The number of hydrogen-bond acceptors (Lipinski definition) is 3. The van der Waals surface area contributed by atoms with E-state index < -0.39 is 0 Å². The molecular weight excluding hydrogens is 461 g/mol. The van der Waals surface area contributed by atoms with Crippen LogP contribution in [0.4, 0.5) is 5.69 Å². The second-order valence-electron chi connectivity index (χ2n) is 10.8. The van der Waals surface area contributed by atoms with Gasteiger partial charge in [0.1, 0.15) is 5.75 Å². The highest BCUT2D eigenvalue weighted by molar-refractivity contribution is 7.49. The van der Waals surface area contributed by atoms with Gasteiger partial charge in [-0.3, -0.25) is 4.99 Å². The van der Waals surface area contributed by atoms with E-state index in [0.717, 1.165) is 24.3 Å². The number of hydrogen-bond donors (Lipinski definition) is 0. The molecule has 3 aromatic carbocycles. The van der Waals surface area contributed by atoms with Crippen LogP contribution in [0.1, 0.15) is 75.3 Å². The number of nitrogens with zero attached hydrogens (tertiary/aromatic N) is 1. The molecule has 0 bridgehead atoms. The summed E-state index contributed by atoms with van der Waals surface area (Å²) in [4.78, 5) is 4.78. The second kappa shape index (κ2) is 12.2. The Morgan fingerprint density at radius 2 is 1.61 bits per heavy atom. The summed E-state index contributed by atoms with van der Waals surface area (Å²) in [6.45, 7) is 16.1. The topological polar surface area (TPSA) is 30.8 Å². The molecule has 4 heteroatoms. The second-order valence-corrected chi connectivity index (χ2v) is 12.7. The van der Waals surface area contributed by atoms with Crippen LogP contribution >= 0.6 is 8.58 Å². The zero-order chi connectivity index (χ0) is 26.3. The van der Waals surface area contributed by atoms with E-state index in [9.17, 15) is 0 Å². The van der Waals surface area contributed by atoms with Gasteiger partial charge in [-0.15, -0.1) is 0 Å². The van der Waals surface area contributed by atoms with Gasteiger partial charge in [-0.05, 0) is 48.7 Å². The van der Waals surface area contributed by atoms with Crippen LogP contribution in [-0.2, 0) is 15.3 Å². The van der Waals surface area contributed by atoms with E-state index in [1.165, 1.54) is 33.1 Å². The Bertz CT molecular complexity index is 1180. The lowest BCUT2D eigenvalue weighted by atomic mass is 9.81. The van der Waals surface area contributed by atoms with Crippen molar-refractivity contribution < 1.29 is 9.47 Å². The van der Waals surface area contributed by atoms with Gasteiger partial charge in [0.05, 0.1) is 5.69 Å². The monoisotopic (exact) mass is 503 g/mol. The first-order valence-electron chi connectivity index (χ1n) is 12.8. The zero-order valence-corrected chi connectivity index (χ0v) is 24.2. The van der Waals surface area contributed by atoms with Gasteiger partial charge in [-0.25, -0.2) is 0 Å². The van der Waals surface area contributed by atoms with Gasteiger partial charge >= 0.3 is 0 Å². The first-order chi connectivity index (χ1) is 17.1. The van der Waals surface area contributed by atoms with Crippen molar-refractivity contribution in [1.29, 1.82) is 0 Å². The maximum atomic E-state index is 6.35. The SMILES string of the molecule is CCCC(C)(Pc1c(C)cccc1/C=N/c1ccccc1)c1cc(C)cc(C(C)(C)C)c1OCOC. The molecule has 0 N–H and O–H groups in total. The van der Waals surface area contributed by atoms with E-state index in [2.05, 4.69) is 78.8 Å². The Balaban J connectivity index is 2.15. The van der Waals surface area contributed by atoms with Crippen molar-refractivity contribution in [2.24, 2.45) is 4.99 Å². The molecule has 0 saturated carbocycles. The van der Waals surface area contributed by atoms with E-state index in [4.69, 9.17) is 14.5 Å². The Hall–Kier alpha value is -2.48. The highest BCUT2D eigenvalue weighted by atomic mass is 31.1. The number of para-hydroxylation sites is 1. The molecule has 192 valence electrons. The summed E-state index contributed by atoms with van der Waals surface area (Å²) in [5, 5.41) is 1.27. The Morgan fingerprint density at radius 1 is 0.917 bits per heavy atom. The molecule has 0 aliphatic heterocycles. The Morgan fingerprint density at radius 3 is 2.25 bits per heavy atom. The standard InChI is InChI=1S/C32H42NO2P/c1-9-18-32(7,28-20-23(2)19-27(31(4,5)6)29(28)35-22-34-8)36-30-24(3)14-13-15-25(30)21-33-26-16-11-10-12-17-26/h10-17,19-21,36H,9,18,22H2,1-8H3/b33-21+. The van der Waals surface area contributed by atoms with Crippen molar-refractivity contribution in [3.63, 3.8) is 0 Å². The van der Waals surface area contributed by atoms with Gasteiger partial charge in [-0.1, -0.05) is 104 Å². The first kappa shape index (κ1) is 28.1. The summed E-state index contributed by atoms with van der Waals surface area (Å²) in [5.74, 6) is 0.978. The first-order valence-corrected chi connectivity index (χ1v) is 13.8. The van der Waals surface area contributed by atoms with Crippen LogP contribution in [-0.4, -0.2) is 20.1 Å². The van der Waals surface area contributed by atoms with Crippen LogP contribution in [0.25, 0.3) is 0 Å². The summed E-state index contributed by atoms with van der Waals surface area (Å²) < 4.78 is 11.7. The van der Waals surface area contributed by atoms with Crippen LogP contribution < -0.4 is 10.0 Å². The highest BCUT2D eigenvalue weighted by Crippen LogP contribution is 2.51. The van der Waals surface area contributed by atoms with Crippen molar-refractivity contribution in [2.75, 3.05) is 13.9 Å². The third kappa shape index (κ3) is 6.84. The van der Waals surface area contributed by atoms with Crippen molar-refractivity contribution in [1.82, 2.24) is 0 Å². The molecule has 3 rings (SSSR count). The lowest BCUT2D eigenvalue weighted by molar-refractivity contribution is 0.0486. The number of rotatable bonds is 10. The van der Waals surface area contributed by atoms with Gasteiger partial charge in [0.15, 0.2) is 6.79 Å².